The van der Waals surface area contributed by atoms with Crippen LogP contribution < -0.4 is 0 Å². The van der Waals surface area contributed by atoms with Gasteiger partial charge in [-0.15, -0.1) is 0 Å². The van der Waals surface area contributed by atoms with Crippen molar-refractivity contribution in [3.8, 4) is 11.8 Å². The van der Waals surface area contributed by atoms with E-state index in [1.807, 2.05) is 0 Å². The largest absolute Gasteiger partial charge is 0.465 e. The predicted octanol–water partition coefficient (Wildman–Crippen LogP) is 0.948. The maximum atomic E-state index is 13.1. The van der Waals surface area contributed by atoms with Gasteiger partial charge in [0.05, 0.1) is 13.5 Å². The molecule has 1 heterocycles. The molecule has 1 aromatic rings. The number of nitrogens with zero attached hydrogens (tertiary/aromatic N) is 1. The van der Waals surface area contributed by atoms with E-state index in [-0.39, 0.29) is 12.0 Å². The van der Waals surface area contributed by atoms with Gasteiger partial charge in [-0.3, -0.25) is 0 Å². The van der Waals surface area contributed by atoms with Crippen LogP contribution in [0.4, 0.5) is 4.39 Å². The maximum absolute atomic E-state index is 13.1. The molecule has 0 atom stereocenters. The predicted molar refractivity (Wildman–Crippen MR) is 53.1 cm³/mol. The van der Waals surface area contributed by atoms with E-state index in [4.69, 9.17) is 0 Å². The van der Waals surface area contributed by atoms with Crippen LogP contribution in [-0.4, -0.2) is 24.3 Å². The summed E-state index contributed by atoms with van der Waals surface area (Å²) in [7, 11) is 1.15. The average molecular weight is 221 g/mol. The summed E-state index contributed by atoms with van der Waals surface area (Å²) in [6, 6.07) is 1.23. The average Bonchev–Trinajstić information content (AvgIpc) is 2.30. The van der Waals surface area contributed by atoms with Gasteiger partial charge in [0.25, 0.3) is 0 Å². The summed E-state index contributed by atoms with van der Waals surface area (Å²) in [6.07, 6.45) is 1.90. The summed E-state index contributed by atoms with van der Waals surface area (Å²) >= 11 is 0. The molecule has 0 saturated heterocycles. The van der Waals surface area contributed by atoms with Crippen molar-refractivity contribution in [1.82, 2.24) is 4.98 Å². The fraction of sp³-hybridized carbons (Fsp3) is 0.182. The van der Waals surface area contributed by atoms with E-state index in [9.17, 15) is 14.0 Å². The lowest BCUT2D eigenvalue weighted by Crippen LogP contribution is -2.06. The van der Waals surface area contributed by atoms with E-state index in [1.54, 1.807) is 0 Å². The molecule has 0 spiro atoms. The fourth-order valence-electron chi connectivity index (χ4n) is 0.964. The molecular formula is C11H8FNO3. The van der Waals surface area contributed by atoms with E-state index in [0.29, 0.717) is 11.8 Å². The van der Waals surface area contributed by atoms with Crippen molar-refractivity contribution in [2.75, 3.05) is 7.11 Å². The maximum Gasteiger partial charge on any atom is 0.342 e. The van der Waals surface area contributed by atoms with E-state index in [1.165, 1.54) is 12.3 Å². The van der Waals surface area contributed by atoms with Crippen LogP contribution in [0.25, 0.3) is 0 Å². The Hall–Kier alpha value is -2.22. The first-order valence-corrected chi connectivity index (χ1v) is 4.35. The molecule has 0 aliphatic rings. The lowest BCUT2D eigenvalue weighted by molar-refractivity contribution is -0.107. The molecular weight excluding hydrogens is 213 g/mol. The Bertz CT molecular complexity index is 474. The first kappa shape index (κ1) is 11.9. The van der Waals surface area contributed by atoms with E-state index in [2.05, 4.69) is 21.6 Å². The Morgan fingerprint density at radius 3 is 3.06 bits per heavy atom. The number of pyridine rings is 1. The third-order valence-corrected chi connectivity index (χ3v) is 1.66. The van der Waals surface area contributed by atoms with E-state index in [0.717, 1.165) is 7.11 Å². The number of ether oxygens (including phenoxy) is 1. The Kier molecular flexibility index (Phi) is 4.16. The molecule has 0 aromatic carbocycles. The van der Waals surface area contributed by atoms with E-state index >= 15 is 0 Å². The third-order valence-electron chi connectivity index (χ3n) is 1.66. The van der Waals surface area contributed by atoms with Crippen LogP contribution in [0, 0.1) is 17.8 Å². The lowest BCUT2D eigenvalue weighted by Gasteiger charge is -2.00. The number of methoxy groups -OCH3 is 1. The van der Waals surface area contributed by atoms with Gasteiger partial charge in [-0.25, -0.2) is 9.78 Å². The van der Waals surface area contributed by atoms with Crippen LogP contribution in [-0.2, 0) is 9.53 Å². The minimum atomic E-state index is -0.909. The number of carbonyl (C=O) groups is 2. The van der Waals surface area contributed by atoms with Crippen molar-refractivity contribution in [3.05, 3.63) is 29.3 Å². The SMILES string of the molecule is COC(=O)c1cc(C#CCC=O)cnc1F. The zero-order chi connectivity index (χ0) is 12.0. The number of halogens is 1. The smallest absolute Gasteiger partial charge is 0.342 e. The monoisotopic (exact) mass is 221 g/mol. The molecule has 0 saturated carbocycles. The standard InChI is InChI=1S/C11H8FNO3/c1-16-11(15)9-6-8(4-2-3-5-14)7-13-10(9)12/h5-7H,3H2,1H3. The first-order chi connectivity index (χ1) is 7.69. The number of hydrogen-bond acceptors (Lipinski definition) is 4. The van der Waals surface area contributed by atoms with Crippen molar-refractivity contribution in [2.24, 2.45) is 0 Å². The summed E-state index contributed by atoms with van der Waals surface area (Å²) in [6.45, 7) is 0. The quantitative estimate of drug-likeness (QED) is 0.323. The number of esters is 1. The van der Waals surface area contributed by atoms with Crippen LogP contribution in [0.5, 0.6) is 0 Å². The number of hydrogen-bond donors (Lipinski definition) is 0. The summed E-state index contributed by atoms with van der Waals surface area (Å²) in [5, 5.41) is 0. The Morgan fingerprint density at radius 1 is 1.69 bits per heavy atom. The Labute approximate surface area is 91.4 Å². The molecule has 0 N–H and O–H groups in total. The molecule has 1 rings (SSSR count). The van der Waals surface area contributed by atoms with Crippen molar-refractivity contribution >= 4 is 12.3 Å². The van der Waals surface area contributed by atoms with Gasteiger partial charge >= 0.3 is 5.97 Å². The minimum Gasteiger partial charge on any atom is -0.465 e. The van der Waals surface area contributed by atoms with Crippen LogP contribution >= 0.6 is 0 Å². The van der Waals surface area contributed by atoms with Crippen LogP contribution in [0.1, 0.15) is 22.3 Å². The zero-order valence-electron chi connectivity index (χ0n) is 8.49. The van der Waals surface area contributed by atoms with Gasteiger partial charge < -0.3 is 9.53 Å². The summed E-state index contributed by atoms with van der Waals surface area (Å²) in [5.41, 5.74) is 0.0732. The zero-order valence-corrected chi connectivity index (χ0v) is 8.49. The minimum absolute atomic E-state index is 0.0743. The van der Waals surface area contributed by atoms with Gasteiger partial charge in [0.15, 0.2) is 0 Å². The number of rotatable bonds is 2. The van der Waals surface area contributed by atoms with Crippen molar-refractivity contribution in [2.45, 2.75) is 6.42 Å². The molecule has 0 unspecified atom stereocenters. The molecule has 4 nitrogen and oxygen atoms in total. The summed E-state index contributed by atoms with van der Waals surface area (Å²) in [5.74, 6) is 3.37. The fourth-order valence-corrected chi connectivity index (χ4v) is 0.964. The van der Waals surface area contributed by atoms with Crippen LogP contribution in [0.3, 0.4) is 0 Å². The second kappa shape index (κ2) is 5.61. The highest BCUT2D eigenvalue weighted by molar-refractivity contribution is 5.89. The van der Waals surface area contributed by atoms with Gasteiger partial charge in [0.1, 0.15) is 11.8 Å². The third kappa shape index (κ3) is 2.89. The number of aromatic nitrogens is 1. The Balaban J connectivity index is 3.04. The van der Waals surface area contributed by atoms with Crippen molar-refractivity contribution in [1.29, 1.82) is 0 Å². The highest BCUT2D eigenvalue weighted by Crippen LogP contribution is 2.08. The summed E-state index contributed by atoms with van der Waals surface area (Å²) in [4.78, 5) is 24.5. The van der Waals surface area contributed by atoms with Gasteiger partial charge in [0, 0.05) is 11.8 Å². The molecule has 5 heteroatoms. The number of aldehydes is 1. The first-order valence-electron chi connectivity index (χ1n) is 4.35. The normalized spacial score (nSPS) is 8.88. The highest BCUT2D eigenvalue weighted by atomic mass is 19.1. The molecule has 0 amide bonds. The molecule has 1 aromatic heterocycles. The topological polar surface area (TPSA) is 56.3 Å². The van der Waals surface area contributed by atoms with Crippen LogP contribution in [0.15, 0.2) is 12.3 Å². The van der Waals surface area contributed by atoms with Gasteiger partial charge in [0.2, 0.25) is 5.95 Å². The van der Waals surface area contributed by atoms with Gasteiger partial charge in [-0.05, 0) is 6.07 Å². The van der Waals surface area contributed by atoms with Crippen LogP contribution in [0.2, 0.25) is 0 Å². The Morgan fingerprint density at radius 2 is 2.44 bits per heavy atom. The van der Waals surface area contributed by atoms with E-state index < -0.39 is 11.9 Å². The van der Waals surface area contributed by atoms with Crippen molar-refractivity contribution in [3.63, 3.8) is 0 Å². The highest BCUT2D eigenvalue weighted by Gasteiger charge is 2.13. The number of carbonyl (C=O) groups excluding carboxylic acids is 2. The molecule has 82 valence electrons. The van der Waals surface area contributed by atoms with Crippen molar-refractivity contribution < 1.29 is 18.7 Å². The second-order valence-corrected chi connectivity index (χ2v) is 2.73. The lowest BCUT2D eigenvalue weighted by atomic mass is 10.2. The van der Waals surface area contributed by atoms with Gasteiger partial charge in [-0.2, -0.15) is 4.39 Å². The molecule has 0 aliphatic heterocycles. The second-order valence-electron chi connectivity index (χ2n) is 2.73. The molecule has 16 heavy (non-hydrogen) atoms. The molecule has 0 aliphatic carbocycles. The molecule has 0 radical (unpaired) electrons. The molecule has 0 bridgehead atoms. The summed E-state index contributed by atoms with van der Waals surface area (Å²) < 4.78 is 17.5. The van der Waals surface area contributed by atoms with Gasteiger partial charge in [-0.1, -0.05) is 11.8 Å². The molecule has 0 fully saturated rings.